The minimum absolute atomic E-state index is 0.0481. The smallest absolute Gasteiger partial charge is 0.261 e. The Bertz CT molecular complexity index is 748. The number of fused-ring (bicyclic) bond motifs is 3. The number of benzene rings is 1. The highest BCUT2D eigenvalue weighted by atomic mass is 32.1. The molecule has 0 saturated carbocycles. The van der Waals surface area contributed by atoms with Crippen LogP contribution in [-0.2, 0) is 12.8 Å². The number of amides is 1. The average molecular weight is 343 g/mol. The summed E-state index contributed by atoms with van der Waals surface area (Å²) in [5, 5.41) is 3.13. The van der Waals surface area contributed by atoms with Gasteiger partial charge in [0.1, 0.15) is 5.75 Å². The molecule has 2 aromatic rings. The number of hydrogen-bond donors (Lipinski definition) is 1. The zero-order chi connectivity index (χ0) is 17.3. The topological polar surface area (TPSA) is 38.3 Å². The van der Waals surface area contributed by atoms with Gasteiger partial charge in [0.15, 0.2) is 0 Å². The average Bonchev–Trinajstić information content (AvgIpc) is 2.98. The SMILES string of the molecule is COc1ccc2c(c1)-c1sc(C(=O)N[C@H](C)CC(C)C)cc1CC2. The molecule has 1 aromatic heterocycles. The van der Waals surface area contributed by atoms with Crippen LogP contribution in [0.25, 0.3) is 10.4 Å². The molecule has 0 saturated heterocycles. The second-order valence-corrected chi connectivity index (χ2v) is 8.04. The fourth-order valence-corrected chi connectivity index (χ4v) is 4.56. The summed E-state index contributed by atoms with van der Waals surface area (Å²) >= 11 is 1.60. The molecule has 0 unspecified atom stereocenters. The van der Waals surface area contributed by atoms with E-state index in [9.17, 15) is 4.79 Å². The first-order valence-electron chi connectivity index (χ1n) is 8.58. The van der Waals surface area contributed by atoms with Gasteiger partial charge in [0.2, 0.25) is 0 Å². The molecule has 1 N–H and O–H groups in total. The molecule has 3 nitrogen and oxygen atoms in total. The molecule has 1 aliphatic carbocycles. The second-order valence-electron chi connectivity index (χ2n) is 6.99. The number of rotatable bonds is 5. The molecule has 0 fully saturated rings. The third-order valence-corrected chi connectivity index (χ3v) is 5.67. The molecular weight excluding hydrogens is 318 g/mol. The Morgan fingerprint density at radius 2 is 1.96 bits per heavy atom. The molecule has 0 bridgehead atoms. The van der Waals surface area contributed by atoms with Crippen LogP contribution in [0.1, 0.15) is 48.0 Å². The molecule has 0 spiro atoms. The van der Waals surface area contributed by atoms with Gasteiger partial charge in [-0.05, 0) is 67.0 Å². The van der Waals surface area contributed by atoms with Crippen LogP contribution in [0, 0.1) is 5.92 Å². The zero-order valence-electron chi connectivity index (χ0n) is 14.8. The lowest BCUT2D eigenvalue weighted by atomic mass is 9.91. The summed E-state index contributed by atoms with van der Waals surface area (Å²) in [6, 6.07) is 8.51. The molecule has 1 aliphatic rings. The fraction of sp³-hybridized carbons (Fsp3) is 0.450. The van der Waals surface area contributed by atoms with Crippen molar-refractivity contribution >= 4 is 17.2 Å². The molecule has 0 radical (unpaired) electrons. The van der Waals surface area contributed by atoms with Gasteiger partial charge in [0, 0.05) is 10.9 Å². The standard InChI is InChI=1S/C20H25NO2S/c1-12(2)9-13(3)21-20(22)18-10-15-6-5-14-7-8-16(23-4)11-17(14)19(15)24-18/h7-8,10-13H,5-6,9H2,1-4H3,(H,21,22)/t13-/m1/s1. The van der Waals surface area contributed by atoms with Crippen molar-refractivity contribution in [1.29, 1.82) is 0 Å². The Balaban J connectivity index is 1.85. The molecule has 0 aliphatic heterocycles. The molecule has 1 aromatic carbocycles. The highest BCUT2D eigenvalue weighted by Crippen LogP contribution is 2.41. The summed E-state index contributed by atoms with van der Waals surface area (Å²) in [4.78, 5) is 14.6. The highest BCUT2D eigenvalue weighted by molar-refractivity contribution is 7.17. The summed E-state index contributed by atoms with van der Waals surface area (Å²) < 4.78 is 5.36. The lowest BCUT2D eigenvalue weighted by Crippen LogP contribution is -2.32. The Kier molecular flexibility index (Phi) is 4.95. The first-order valence-corrected chi connectivity index (χ1v) is 9.40. The number of thiophene rings is 1. The van der Waals surface area contributed by atoms with E-state index in [0.29, 0.717) is 5.92 Å². The molecule has 1 atom stereocenters. The summed E-state index contributed by atoms with van der Waals surface area (Å²) in [6.45, 7) is 6.43. The first-order chi connectivity index (χ1) is 11.5. The maximum absolute atomic E-state index is 12.6. The van der Waals surface area contributed by atoms with Crippen molar-refractivity contribution < 1.29 is 9.53 Å². The van der Waals surface area contributed by atoms with E-state index in [1.54, 1.807) is 18.4 Å². The number of carbonyl (C=O) groups is 1. The van der Waals surface area contributed by atoms with Crippen molar-refractivity contribution in [2.45, 2.75) is 46.1 Å². The lowest BCUT2D eigenvalue weighted by molar-refractivity contribution is 0.0940. The predicted molar refractivity (Wildman–Crippen MR) is 100 cm³/mol. The van der Waals surface area contributed by atoms with Gasteiger partial charge < -0.3 is 10.1 Å². The summed E-state index contributed by atoms with van der Waals surface area (Å²) in [7, 11) is 1.69. The normalized spacial score (nSPS) is 14.0. The van der Waals surface area contributed by atoms with Gasteiger partial charge in [-0.1, -0.05) is 19.9 Å². The number of nitrogens with one attached hydrogen (secondary N) is 1. The van der Waals surface area contributed by atoms with Crippen LogP contribution in [0.5, 0.6) is 5.75 Å². The molecule has 3 rings (SSSR count). The Labute approximate surface area is 148 Å². The highest BCUT2D eigenvalue weighted by Gasteiger charge is 2.22. The summed E-state index contributed by atoms with van der Waals surface area (Å²) in [5.74, 6) is 1.50. The van der Waals surface area contributed by atoms with Crippen molar-refractivity contribution in [3.05, 3.63) is 40.3 Å². The van der Waals surface area contributed by atoms with E-state index in [0.717, 1.165) is 29.9 Å². The van der Waals surface area contributed by atoms with E-state index < -0.39 is 0 Å². The minimum Gasteiger partial charge on any atom is -0.497 e. The summed E-state index contributed by atoms with van der Waals surface area (Å²) in [6.07, 6.45) is 3.02. The molecule has 1 heterocycles. The maximum Gasteiger partial charge on any atom is 0.261 e. The molecule has 128 valence electrons. The number of methoxy groups -OCH3 is 1. The van der Waals surface area contributed by atoms with E-state index in [1.807, 2.05) is 6.07 Å². The molecule has 24 heavy (non-hydrogen) atoms. The van der Waals surface area contributed by atoms with Crippen LogP contribution in [-0.4, -0.2) is 19.1 Å². The fourth-order valence-electron chi connectivity index (χ4n) is 3.40. The number of hydrogen-bond acceptors (Lipinski definition) is 3. The number of aryl methyl sites for hydroxylation is 2. The zero-order valence-corrected chi connectivity index (χ0v) is 15.6. The number of carbonyl (C=O) groups excluding carboxylic acids is 1. The van der Waals surface area contributed by atoms with E-state index in [2.05, 4.69) is 44.3 Å². The van der Waals surface area contributed by atoms with E-state index in [4.69, 9.17) is 4.74 Å². The Hall–Kier alpha value is -1.81. The van der Waals surface area contributed by atoms with Gasteiger partial charge in [-0.2, -0.15) is 0 Å². The Morgan fingerprint density at radius 1 is 1.21 bits per heavy atom. The van der Waals surface area contributed by atoms with E-state index in [1.165, 1.54) is 21.6 Å². The molecule has 1 amide bonds. The first kappa shape index (κ1) is 17.0. The number of ether oxygens (including phenoxy) is 1. The monoisotopic (exact) mass is 343 g/mol. The van der Waals surface area contributed by atoms with E-state index >= 15 is 0 Å². The van der Waals surface area contributed by atoms with Crippen LogP contribution < -0.4 is 10.1 Å². The van der Waals surface area contributed by atoms with Gasteiger partial charge in [-0.3, -0.25) is 4.79 Å². The van der Waals surface area contributed by atoms with Gasteiger partial charge in [0.05, 0.1) is 12.0 Å². The minimum atomic E-state index is 0.0481. The van der Waals surface area contributed by atoms with Crippen molar-refractivity contribution in [3.8, 4) is 16.2 Å². The van der Waals surface area contributed by atoms with Gasteiger partial charge in [0.25, 0.3) is 5.91 Å². The second kappa shape index (κ2) is 6.98. The van der Waals surface area contributed by atoms with Crippen molar-refractivity contribution in [2.24, 2.45) is 5.92 Å². The van der Waals surface area contributed by atoms with Crippen LogP contribution >= 0.6 is 11.3 Å². The summed E-state index contributed by atoms with van der Waals surface area (Å²) in [5.41, 5.74) is 3.84. The predicted octanol–water partition coefficient (Wildman–Crippen LogP) is 4.69. The Morgan fingerprint density at radius 3 is 2.67 bits per heavy atom. The van der Waals surface area contributed by atoms with E-state index in [-0.39, 0.29) is 11.9 Å². The van der Waals surface area contributed by atoms with Crippen LogP contribution in [0.15, 0.2) is 24.3 Å². The van der Waals surface area contributed by atoms with Gasteiger partial charge in [-0.15, -0.1) is 11.3 Å². The van der Waals surface area contributed by atoms with Crippen molar-refractivity contribution in [1.82, 2.24) is 5.32 Å². The van der Waals surface area contributed by atoms with Crippen LogP contribution in [0.4, 0.5) is 0 Å². The largest absolute Gasteiger partial charge is 0.497 e. The van der Waals surface area contributed by atoms with Crippen molar-refractivity contribution in [2.75, 3.05) is 7.11 Å². The van der Waals surface area contributed by atoms with Gasteiger partial charge in [-0.25, -0.2) is 0 Å². The molecule has 4 heteroatoms. The third kappa shape index (κ3) is 3.48. The van der Waals surface area contributed by atoms with Crippen LogP contribution in [0.2, 0.25) is 0 Å². The third-order valence-electron chi connectivity index (χ3n) is 4.46. The lowest BCUT2D eigenvalue weighted by Gasteiger charge is -2.16. The maximum atomic E-state index is 12.6. The van der Waals surface area contributed by atoms with Gasteiger partial charge >= 0.3 is 0 Å². The molecular formula is C20H25NO2S. The quantitative estimate of drug-likeness (QED) is 0.855. The van der Waals surface area contributed by atoms with Crippen molar-refractivity contribution in [3.63, 3.8) is 0 Å². The van der Waals surface area contributed by atoms with Crippen LogP contribution in [0.3, 0.4) is 0 Å².